The Hall–Kier alpha value is -6.20. The second kappa shape index (κ2) is 16.9. The minimum Gasteiger partial charge on any atom is -0.453 e. The normalized spacial score (nSPS) is 23.7. The molecule has 0 unspecified atom stereocenters. The predicted octanol–water partition coefficient (Wildman–Crippen LogP) is 8.80. The fraction of sp³-hybridized carbons (Fsp3) is 0.500. The number of ether oxygens (including phenoxy) is 2. The molecule has 14 nitrogen and oxygen atoms in total. The Morgan fingerprint density at radius 3 is 2.20 bits per heavy atom. The first kappa shape index (κ1) is 45.0. The van der Waals surface area contributed by atoms with E-state index in [-0.39, 0.29) is 65.6 Å². The SMILES string of the molecule is COC(=O)N[C@H](C(=O)N1CCC[C@H]1c1ncc(C2=CC3=C(CC2)c2ccc(-c4ccc5nc([C@@H]6[C@H]7CC[C@H](C7)N6C(=O)[C@@H](NC(=O)OC)C(C)C)[nH]c5c4)cc2C(F)(F)C3(F)F)[nH]1)C(C)C. The number of carbonyl (C=O) groups excluding carboxylic acids is 4. The molecule has 0 radical (unpaired) electrons. The van der Waals surface area contributed by atoms with Gasteiger partial charge in [-0.1, -0.05) is 45.9 Å². The number of methoxy groups -OCH3 is 2. The molecule has 66 heavy (non-hydrogen) atoms. The van der Waals surface area contributed by atoms with E-state index in [1.165, 1.54) is 26.5 Å². The average molecular weight is 915 g/mol. The first-order valence-corrected chi connectivity index (χ1v) is 22.6. The number of aromatic nitrogens is 4. The molecule has 4 N–H and O–H groups in total. The lowest BCUT2D eigenvalue weighted by molar-refractivity contribution is -0.193. The predicted molar refractivity (Wildman–Crippen MR) is 236 cm³/mol. The maximum absolute atomic E-state index is 16.3. The molecule has 3 aliphatic carbocycles. The van der Waals surface area contributed by atoms with Crippen LogP contribution in [0.25, 0.3) is 33.3 Å². The number of carbonyl (C=O) groups is 4. The lowest BCUT2D eigenvalue weighted by atomic mass is 9.74. The summed E-state index contributed by atoms with van der Waals surface area (Å²) in [6.07, 6.45) is 5.39. The third-order valence-corrected chi connectivity index (χ3v) is 14.2. The van der Waals surface area contributed by atoms with Crippen LogP contribution in [-0.4, -0.2) is 98.5 Å². The number of fused-ring (bicyclic) bond motifs is 5. The molecule has 2 aromatic heterocycles. The molecule has 2 aliphatic heterocycles. The highest BCUT2D eigenvalue weighted by Gasteiger charge is 2.63. The number of allylic oxidation sites excluding steroid dienone is 4. The molecule has 0 spiro atoms. The number of hydrogen-bond acceptors (Lipinski definition) is 8. The summed E-state index contributed by atoms with van der Waals surface area (Å²) in [7, 11) is 2.47. The quantitative estimate of drug-likeness (QED) is 0.114. The standard InChI is InChI=1S/C48H54F4N8O6/c1-23(2)38(57-45(63)65-5)43(61)59-17-7-8-37(59)41-53-22-36(56-41)27-11-15-31-30-14-10-25(19-32(30)47(49,50)48(51,52)33(31)20-27)26-12-16-34-35(21-26)55-42(54-34)40-28-9-13-29(18-28)60(40)44(62)39(24(3)4)58-46(64)66-6/h10,12,14,16,19-24,28-29,37-40H,7-9,11,13,15,17-18H2,1-6H3,(H,53,56)(H,54,55)(H,57,63)(H,58,64)/t28-,29+,37-,38-,39-,40-/m0/s1. The fourth-order valence-electron chi connectivity index (χ4n) is 10.8. The van der Waals surface area contributed by atoms with Crippen molar-refractivity contribution in [3.8, 4) is 11.1 Å². The molecule has 6 atom stereocenters. The van der Waals surface area contributed by atoms with Crippen LogP contribution in [0.3, 0.4) is 0 Å². The highest BCUT2D eigenvalue weighted by molar-refractivity contribution is 5.90. The number of hydrogen-bond donors (Lipinski definition) is 4. The molecule has 3 fully saturated rings. The number of halogens is 4. The second-order valence-electron chi connectivity index (χ2n) is 18.8. The first-order valence-electron chi connectivity index (χ1n) is 22.6. The fourth-order valence-corrected chi connectivity index (χ4v) is 10.8. The van der Waals surface area contributed by atoms with E-state index in [0.717, 1.165) is 31.4 Å². The van der Waals surface area contributed by atoms with Crippen LogP contribution in [0.5, 0.6) is 0 Å². The minimum absolute atomic E-state index is 0.0121. The molecule has 1 saturated carbocycles. The largest absolute Gasteiger partial charge is 0.453 e. The topological polar surface area (TPSA) is 175 Å². The highest BCUT2D eigenvalue weighted by atomic mass is 19.3. The first-order chi connectivity index (χ1) is 31.4. The summed E-state index contributed by atoms with van der Waals surface area (Å²) in [6.45, 7) is 7.75. The van der Waals surface area contributed by atoms with Gasteiger partial charge in [0.05, 0.1) is 49.2 Å². The minimum atomic E-state index is -4.55. The smallest absolute Gasteiger partial charge is 0.407 e. The third-order valence-electron chi connectivity index (χ3n) is 14.2. The van der Waals surface area contributed by atoms with Crippen molar-refractivity contribution in [2.24, 2.45) is 17.8 Å². The van der Waals surface area contributed by atoms with Crippen molar-refractivity contribution in [1.29, 1.82) is 0 Å². The molecule has 4 heterocycles. The Morgan fingerprint density at radius 1 is 0.818 bits per heavy atom. The summed E-state index contributed by atoms with van der Waals surface area (Å²) in [4.78, 5) is 71.3. The molecule has 2 bridgehead atoms. The Kier molecular flexibility index (Phi) is 11.5. The maximum Gasteiger partial charge on any atom is 0.407 e. The van der Waals surface area contributed by atoms with Gasteiger partial charge in [-0.3, -0.25) is 9.59 Å². The third kappa shape index (κ3) is 7.49. The van der Waals surface area contributed by atoms with Crippen LogP contribution < -0.4 is 10.6 Å². The van der Waals surface area contributed by atoms with Gasteiger partial charge in [-0.2, -0.15) is 17.6 Å². The van der Waals surface area contributed by atoms with Crippen LogP contribution in [0.1, 0.15) is 113 Å². The van der Waals surface area contributed by atoms with E-state index >= 15 is 17.6 Å². The van der Waals surface area contributed by atoms with Gasteiger partial charge < -0.3 is 39.9 Å². The molecular formula is C48H54F4N8O6. The van der Waals surface area contributed by atoms with Crippen molar-refractivity contribution in [3.05, 3.63) is 82.7 Å². The van der Waals surface area contributed by atoms with Gasteiger partial charge in [-0.15, -0.1) is 0 Å². The summed E-state index contributed by atoms with van der Waals surface area (Å²) in [6, 6.07) is 7.04. The van der Waals surface area contributed by atoms with Gasteiger partial charge in [0.15, 0.2) is 0 Å². The summed E-state index contributed by atoms with van der Waals surface area (Å²) in [5, 5.41) is 5.30. The zero-order chi connectivity index (χ0) is 47.0. The monoisotopic (exact) mass is 914 g/mol. The van der Waals surface area contributed by atoms with E-state index in [4.69, 9.17) is 14.5 Å². The molecule has 4 amide bonds. The number of alkyl carbamates (subject to hydrolysis) is 2. The number of amides is 4. The second-order valence-corrected chi connectivity index (χ2v) is 18.8. The van der Waals surface area contributed by atoms with Crippen LogP contribution in [-0.2, 0) is 25.0 Å². The summed E-state index contributed by atoms with van der Waals surface area (Å²) in [5.74, 6) is -8.88. The molecule has 2 aromatic carbocycles. The van der Waals surface area contributed by atoms with Crippen molar-refractivity contribution in [2.45, 2.75) is 115 Å². The van der Waals surface area contributed by atoms with E-state index < -0.39 is 53.3 Å². The van der Waals surface area contributed by atoms with Crippen LogP contribution >= 0.6 is 0 Å². The molecule has 2 saturated heterocycles. The number of imidazole rings is 2. The maximum atomic E-state index is 16.3. The number of H-pyrrole nitrogens is 2. The van der Waals surface area contributed by atoms with Crippen LogP contribution in [0.2, 0.25) is 0 Å². The summed E-state index contributed by atoms with van der Waals surface area (Å²) < 4.78 is 74.8. The Morgan fingerprint density at radius 2 is 1.50 bits per heavy atom. The Labute approximate surface area is 379 Å². The number of nitrogens with one attached hydrogen (secondary N) is 4. The van der Waals surface area contributed by atoms with Crippen molar-refractivity contribution in [2.75, 3.05) is 20.8 Å². The Balaban J connectivity index is 0.981. The zero-order valence-corrected chi connectivity index (χ0v) is 37.6. The van der Waals surface area contributed by atoms with Crippen molar-refractivity contribution < 1.29 is 46.2 Å². The number of piperidine rings is 1. The number of benzene rings is 2. The lowest BCUT2D eigenvalue weighted by Gasteiger charge is -2.38. The van der Waals surface area contributed by atoms with Crippen LogP contribution in [0.15, 0.2) is 54.2 Å². The number of alkyl halides is 4. The van der Waals surface area contributed by atoms with Crippen LogP contribution in [0, 0.1) is 17.8 Å². The molecular weight excluding hydrogens is 861 g/mol. The summed E-state index contributed by atoms with van der Waals surface area (Å²) in [5.41, 5.74) is 1.57. The highest BCUT2D eigenvalue weighted by Crippen LogP contribution is 2.58. The number of nitrogens with zero attached hydrogens (tertiary/aromatic N) is 4. The van der Waals surface area contributed by atoms with Gasteiger partial charge in [-0.05, 0) is 115 Å². The van der Waals surface area contributed by atoms with E-state index in [1.807, 2.05) is 32.6 Å². The van der Waals surface area contributed by atoms with Gasteiger partial charge in [0.1, 0.15) is 23.7 Å². The molecule has 350 valence electrons. The molecule has 18 heteroatoms. The Bertz CT molecular complexity index is 2670. The average Bonchev–Trinajstić information content (AvgIpc) is 4.17. The van der Waals surface area contributed by atoms with Gasteiger partial charge in [0.2, 0.25) is 11.8 Å². The number of rotatable bonds is 10. The molecule has 9 rings (SSSR count). The van der Waals surface area contributed by atoms with Crippen LogP contribution in [0.4, 0.5) is 27.2 Å². The van der Waals surface area contributed by atoms with Crippen molar-refractivity contribution in [1.82, 2.24) is 40.4 Å². The van der Waals surface area contributed by atoms with E-state index in [2.05, 4.69) is 25.6 Å². The molecule has 4 aromatic rings. The van der Waals surface area contributed by atoms with Gasteiger partial charge in [0.25, 0.3) is 0 Å². The molecule has 5 aliphatic rings. The van der Waals surface area contributed by atoms with Crippen molar-refractivity contribution in [3.63, 3.8) is 0 Å². The van der Waals surface area contributed by atoms with E-state index in [0.29, 0.717) is 64.5 Å². The van der Waals surface area contributed by atoms with Gasteiger partial charge in [-0.25, -0.2) is 19.6 Å². The van der Waals surface area contributed by atoms with E-state index in [9.17, 15) is 19.2 Å². The number of aromatic amines is 2. The zero-order valence-electron chi connectivity index (χ0n) is 37.6. The van der Waals surface area contributed by atoms with Gasteiger partial charge in [0, 0.05) is 23.7 Å². The lowest BCUT2D eigenvalue weighted by Crippen LogP contribution is -2.54. The summed E-state index contributed by atoms with van der Waals surface area (Å²) >= 11 is 0. The van der Waals surface area contributed by atoms with Gasteiger partial charge >= 0.3 is 24.0 Å². The van der Waals surface area contributed by atoms with E-state index in [1.54, 1.807) is 29.2 Å². The number of likely N-dealkylation sites (tertiary alicyclic amines) is 2. The van der Waals surface area contributed by atoms with Crippen molar-refractivity contribution >= 4 is 46.2 Å².